The fourth-order valence-electron chi connectivity index (χ4n) is 4.28. The number of nitrogens with one attached hydrogen (secondary N) is 2. The van der Waals surface area contributed by atoms with Gasteiger partial charge in [0.1, 0.15) is 11.6 Å². The first kappa shape index (κ1) is 25.4. The van der Waals surface area contributed by atoms with Crippen molar-refractivity contribution in [2.75, 3.05) is 6.54 Å². The van der Waals surface area contributed by atoms with Gasteiger partial charge in [0, 0.05) is 36.9 Å². The molecular weight excluding hydrogens is 460 g/mol. The average Bonchev–Trinajstić information content (AvgIpc) is 2.87. The summed E-state index contributed by atoms with van der Waals surface area (Å²) in [7, 11) is 0. The van der Waals surface area contributed by atoms with Gasteiger partial charge in [-0.05, 0) is 47.1 Å². The van der Waals surface area contributed by atoms with Crippen molar-refractivity contribution >= 4 is 16.7 Å². The van der Waals surface area contributed by atoms with Gasteiger partial charge in [-0.1, -0.05) is 55.5 Å². The summed E-state index contributed by atoms with van der Waals surface area (Å²) in [5.41, 5.74) is 3.00. The molecule has 0 aliphatic heterocycles. The van der Waals surface area contributed by atoms with Crippen molar-refractivity contribution in [1.82, 2.24) is 15.6 Å². The van der Waals surface area contributed by atoms with E-state index in [2.05, 4.69) is 34.7 Å². The van der Waals surface area contributed by atoms with Crippen LogP contribution in [0.3, 0.4) is 0 Å². The molecule has 36 heavy (non-hydrogen) atoms. The van der Waals surface area contributed by atoms with E-state index < -0.39 is 29.7 Å². The smallest absolute Gasteiger partial charge is 0.253 e. The molecule has 7 heteroatoms. The third-order valence-electron chi connectivity index (χ3n) is 6.15. The van der Waals surface area contributed by atoms with Gasteiger partial charge in [0.15, 0.2) is 0 Å². The van der Waals surface area contributed by atoms with Gasteiger partial charge >= 0.3 is 0 Å². The zero-order chi connectivity index (χ0) is 25.5. The van der Waals surface area contributed by atoms with E-state index in [0.717, 1.165) is 28.8 Å². The molecule has 0 spiro atoms. The first-order valence-electron chi connectivity index (χ1n) is 12.0. The Bertz CT molecular complexity index is 1320. The van der Waals surface area contributed by atoms with Crippen molar-refractivity contribution in [3.05, 3.63) is 113 Å². The van der Waals surface area contributed by atoms with Crippen LogP contribution in [0.15, 0.2) is 79.1 Å². The Morgan fingerprint density at radius 1 is 0.944 bits per heavy atom. The van der Waals surface area contributed by atoms with Gasteiger partial charge in [-0.2, -0.15) is 0 Å². The molecule has 0 aliphatic rings. The van der Waals surface area contributed by atoms with Crippen molar-refractivity contribution in [2.45, 2.75) is 38.5 Å². The normalized spacial score (nSPS) is 12.9. The molecule has 0 saturated heterocycles. The van der Waals surface area contributed by atoms with E-state index in [4.69, 9.17) is 0 Å². The molecule has 1 aromatic heterocycles. The predicted octanol–water partition coefficient (Wildman–Crippen LogP) is 4.57. The summed E-state index contributed by atoms with van der Waals surface area (Å²) in [6.45, 7) is 2.80. The average molecular weight is 490 g/mol. The first-order valence-corrected chi connectivity index (χ1v) is 12.0. The Morgan fingerprint density at radius 2 is 1.69 bits per heavy atom. The third kappa shape index (κ3) is 6.50. The molecule has 5 nitrogen and oxygen atoms in total. The molecule has 3 aromatic carbocycles. The van der Waals surface area contributed by atoms with Crippen LogP contribution in [0.4, 0.5) is 8.78 Å². The minimum absolute atomic E-state index is 0.0484. The lowest BCUT2D eigenvalue weighted by Gasteiger charge is -2.25. The fraction of sp³-hybridized carbons (Fsp3) is 0.241. The number of aromatic nitrogens is 1. The number of carbonyl (C=O) groups excluding carboxylic acids is 1. The number of hydrogen-bond donors (Lipinski definition) is 3. The van der Waals surface area contributed by atoms with E-state index in [-0.39, 0.29) is 13.0 Å². The SMILES string of the molecule is CCc1cccc(CNCC(O)C(Cc2cc(F)cc(F)c2)NC(=O)c2cncc3ccccc23)c1. The molecule has 186 valence electrons. The number of pyridine rings is 1. The molecule has 2 atom stereocenters. The molecule has 0 saturated carbocycles. The molecule has 0 fully saturated rings. The van der Waals surface area contributed by atoms with Crippen molar-refractivity contribution < 1.29 is 18.7 Å². The molecule has 1 heterocycles. The molecule has 1 amide bonds. The highest BCUT2D eigenvalue weighted by Gasteiger charge is 2.24. The second-order valence-electron chi connectivity index (χ2n) is 8.84. The van der Waals surface area contributed by atoms with Gasteiger partial charge in [0.05, 0.1) is 17.7 Å². The predicted molar refractivity (Wildman–Crippen MR) is 137 cm³/mol. The van der Waals surface area contributed by atoms with Crippen LogP contribution in [0.5, 0.6) is 0 Å². The highest BCUT2D eigenvalue weighted by atomic mass is 19.1. The minimum atomic E-state index is -1.02. The van der Waals surface area contributed by atoms with Gasteiger partial charge in [-0.25, -0.2) is 8.78 Å². The minimum Gasteiger partial charge on any atom is -0.390 e. The maximum absolute atomic E-state index is 13.8. The topological polar surface area (TPSA) is 74.2 Å². The standard InChI is InChI=1S/C29H29F2N3O2/c1-2-19-6-5-7-20(10-19)15-32-18-28(35)27(13-21-11-23(30)14-24(31)12-21)34-29(36)26-17-33-16-22-8-3-4-9-25(22)26/h3-12,14,16-17,27-28,32,35H,2,13,15,18H2,1H3,(H,34,36). The summed E-state index contributed by atoms with van der Waals surface area (Å²) in [5.74, 6) is -1.84. The fourth-order valence-corrected chi connectivity index (χ4v) is 4.28. The van der Waals surface area contributed by atoms with Crippen LogP contribution < -0.4 is 10.6 Å². The summed E-state index contributed by atoms with van der Waals surface area (Å²) in [5, 5.41) is 18.6. The van der Waals surface area contributed by atoms with Gasteiger partial charge in [0.25, 0.3) is 5.91 Å². The molecular formula is C29H29F2N3O2. The molecule has 0 bridgehead atoms. The van der Waals surface area contributed by atoms with Gasteiger partial charge in [0.2, 0.25) is 0 Å². The monoisotopic (exact) mass is 489 g/mol. The van der Waals surface area contributed by atoms with Crippen LogP contribution in [0.25, 0.3) is 10.8 Å². The molecule has 4 aromatic rings. The zero-order valence-electron chi connectivity index (χ0n) is 20.0. The Kier molecular flexibility index (Phi) is 8.36. The number of aliphatic hydroxyl groups is 1. The van der Waals surface area contributed by atoms with Crippen LogP contribution in [-0.4, -0.2) is 34.7 Å². The highest BCUT2D eigenvalue weighted by molar-refractivity contribution is 6.06. The maximum Gasteiger partial charge on any atom is 0.253 e. The number of hydrogen-bond acceptors (Lipinski definition) is 4. The van der Waals surface area contributed by atoms with E-state index in [9.17, 15) is 18.7 Å². The number of halogens is 2. The van der Waals surface area contributed by atoms with E-state index in [1.165, 1.54) is 23.9 Å². The zero-order valence-corrected chi connectivity index (χ0v) is 20.0. The Labute approximate surface area is 209 Å². The van der Waals surface area contributed by atoms with Gasteiger partial charge < -0.3 is 15.7 Å². The van der Waals surface area contributed by atoms with Crippen LogP contribution in [0, 0.1) is 11.6 Å². The van der Waals surface area contributed by atoms with Crippen LogP contribution in [0.1, 0.15) is 34.0 Å². The number of fused-ring (bicyclic) bond motifs is 1. The second kappa shape index (κ2) is 11.8. The lowest BCUT2D eigenvalue weighted by Crippen LogP contribution is -2.48. The van der Waals surface area contributed by atoms with Crippen molar-refractivity contribution in [1.29, 1.82) is 0 Å². The van der Waals surface area contributed by atoms with Crippen LogP contribution >= 0.6 is 0 Å². The largest absolute Gasteiger partial charge is 0.390 e. The van der Waals surface area contributed by atoms with Gasteiger partial charge in [-0.15, -0.1) is 0 Å². The Morgan fingerprint density at radius 3 is 2.47 bits per heavy atom. The van der Waals surface area contributed by atoms with Crippen LogP contribution in [-0.2, 0) is 19.4 Å². The Hall–Kier alpha value is -3.68. The highest BCUT2D eigenvalue weighted by Crippen LogP contribution is 2.18. The van der Waals surface area contributed by atoms with Crippen LogP contribution in [0.2, 0.25) is 0 Å². The molecule has 2 unspecified atom stereocenters. The lowest BCUT2D eigenvalue weighted by molar-refractivity contribution is 0.0831. The van der Waals surface area contributed by atoms with E-state index in [0.29, 0.717) is 17.7 Å². The number of aliphatic hydroxyl groups excluding tert-OH is 1. The summed E-state index contributed by atoms with van der Waals surface area (Å²) in [6, 6.07) is 17.9. The van der Waals surface area contributed by atoms with Crippen molar-refractivity contribution in [2.24, 2.45) is 0 Å². The summed E-state index contributed by atoms with van der Waals surface area (Å²) >= 11 is 0. The molecule has 0 aliphatic carbocycles. The molecule has 4 rings (SSSR count). The van der Waals surface area contributed by atoms with E-state index >= 15 is 0 Å². The van der Waals surface area contributed by atoms with Gasteiger partial charge in [-0.3, -0.25) is 9.78 Å². The number of amides is 1. The molecule has 3 N–H and O–H groups in total. The first-order chi connectivity index (χ1) is 17.4. The second-order valence-corrected chi connectivity index (χ2v) is 8.84. The summed E-state index contributed by atoms with van der Waals surface area (Å²) in [6.07, 6.45) is 3.11. The lowest BCUT2D eigenvalue weighted by atomic mass is 9.99. The quantitative estimate of drug-likeness (QED) is 0.305. The maximum atomic E-state index is 13.8. The van der Waals surface area contributed by atoms with Crippen molar-refractivity contribution in [3.63, 3.8) is 0 Å². The number of nitrogens with zero attached hydrogens (tertiary/aromatic N) is 1. The Balaban J connectivity index is 1.51. The summed E-state index contributed by atoms with van der Waals surface area (Å²) in [4.78, 5) is 17.4. The number of aryl methyl sites for hydroxylation is 1. The van der Waals surface area contributed by atoms with E-state index in [1.54, 1.807) is 6.20 Å². The number of benzene rings is 3. The number of rotatable bonds is 10. The molecule has 0 radical (unpaired) electrons. The van der Waals surface area contributed by atoms with Crippen molar-refractivity contribution in [3.8, 4) is 0 Å². The third-order valence-corrected chi connectivity index (χ3v) is 6.15. The van der Waals surface area contributed by atoms with E-state index in [1.807, 2.05) is 36.4 Å². The summed E-state index contributed by atoms with van der Waals surface area (Å²) < 4.78 is 27.6. The number of carbonyl (C=O) groups is 1.